The Morgan fingerprint density at radius 3 is 1.70 bits per heavy atom. The van der Waals surface area contributed by atoms with E-state index in [1.807, 2.05) is 18.7 Å². The van der Waals surface area contributed by atoms with Gasteiger partial charge in [-0.15, -0.1) is 0 Å². The summed E-state index contributed by atoms with van der Waals surface area (Å²) < 4.78 is 36.9. The van der Waals surface area contributed by atoms with E-state index in [1.54, 1.807) is 0 Å². The van der Waals surface area contributed by atoms with Gasteiger partial charge in [0.2, 0.25) is 0 Å². The third-order valence-electron chi connectivity index (χ3n) is 4.20. The van der Waals surface area contributed by atoms with Crippen LogP contribution in [0.15, 0.2) is 0 Å². The Morgan fingerprint density at radius 2 is 1.40 bits per heavy atom. The molecule has 0 unspecified atom stereocenters. The molecule has 7 heteroatoms. The smallest absolute Gasteiger partial charge is 0.401 e. The van der Waals surface area contributed by atoms with Crippen molar-refractivity contribution in [2.45, 2.75) is 32.9 Å². The summed E-state index contributed by atoms with van der Waals surface area (Å²) in [4.78, 5) is 14.8. The Balaban J connectivity index is 2.51. The van der Waals surface area contributed by atoms with Crippen LogP contribution in [-0.2, 0) is 4.79 Å². The molecule has 1 N–H and O–H groups in total. The number of hydrogen-bond donors (Lipinski definition) is 1. The first-order valence-corrected chi connectivity index (χ1v) is 6.97. The molecule has 20 heavy (non-hydrogen) atoms. The molecular formula is C13H23F3N2O2. The number of alkyl halides is 3. The number of rotatable bonds is 6. The highest BCUT2D eigenvalue weighted by molar-refractivity contribution is 5.74. The molecule has 0 aromatic heterocycles. The van der Waals surface area contributed by atoms with Crippen molar-refractivity contribution >= 4 is 5.97 Å². The minimum atomic E-state index is -4.17. The van der Waals surface area contributed by atoms with E-state index in [1.165, 1.54) is 4.90 Å². The summed E-state index contributed by atoms with van der Waals surface area (Å²) in [6.45, 7) is 4.87. The molecule has 1 saturated heterocycles. The van der Waals surface area contributed by atoms with Gasteiger partial charge in [0.15, 0.2) is 0 Å². The molecule has 0 radical (unpaired) electrons. The summed E-state index contributed by atoms with van der Waals surface area (Å²) >= 11 is 0. The molecule has 0 spiro atoms. The minimum Gasteiger partial charge on any atom is -0.481 e. The lowest BCUT2D eigenvalue weighted by molar-refractivity contribution is -0.153. The molecule has 0 aliphatic carbocycles. The molecule has 0 amide bonds. The lowest BCUT2D eigenvalue weighted by Gasteiger charge is -2.39. The van der Waals surface area contributed by atoms with Crippen molar-refractivity contribution in [3.8, 4) is 0 Å². The van der Waals surface area contributed by atoms with Crippen LogP contribution in [0.4, 0.5) is 13.2 Å². The topological polar surface area (TPSA) is 43.8 Å². The SMILES string of the molecule is CCC(CC)(CN1CCN(CC(F)(F)F)CC1)C(=O)O. The van der Waals surface area contributed by atoms with Crippen molar-refractivity contribution in [1.29, 1.82) is 0 Å². The standard InChI is InChI=1S/C13H23F3N2O2/c1-3-12(4-2,11(19)20)9-17-5-7-18(8-6-17)10-13(14,15)16/h3-10H2,1-2H3,(H,19,20). The summed E-state index contributed by atoms with van der Waals surface area (Å²) in [7, 11) is 0. The number of carboxylic acid groups (broad SMARTS) is 1. The maximum absolute atomic E-state index is 12.3. The lowest BCUT2D eigenvalue weighted by Crippen LogP contribution is -2.52. The highest BCUT2D eigenvalue weighted by atomic mass is 19.4. The van der Waals surface area contributed by atoms with Crippen LogP contribution in [0.25, 0.3) is 0 Å². The average molecular weight is 296 g/mol. The molecule has 0 saturated carbocycles. The molecule has 1 rings (SSSR count). The van der Waals surface area contributed by atoms with E-state index in [2.05, 4.69) is 0 Å². The van der Waals surface area contributed by atoms with Gasteiger partial charge in [0.1, 0.15) is 0 Å². The summed E-state index contributed by atoms with van der Waals surface area (Å²) in [6.07, 6.45) is -3.11. The van der Waals surface area contributed by atoms with E-state index in [-0.39, 0.29) is 0 Å². The molecule has 0 aromatic carbocycles. The number of piperazine rings is 1. The summed E-state index contributed by atoms with van der Waals surface area (Å²) in [5.41, 5.74) is -0.786. The molecule has 0 atom stereocenters. The molecule has 4 nitrogen and oxygen atoms in total. The normalized spacial score (nSPS) is 19.2. The van der Waals surface area contributed by atoms with Crippen LogP contribution >= 0.6 is 0 Å². The molecule has 0 aromatic rings. The van der Waals surface area contributed by atoms with Gasteiger partial charge in [-0.2, -0.15) is 13.2 Å². The van der Waals surface area contributed by atoms with Crippen LogP contribution < -0.4 is 0 Å². The Kier molecular flexibility index (Phi) is 5.82. The third-order valence-corrected chi connectivity index (χ3v) is 4.20. The van der Waals surface area contributed by atoms with Gasteiger partial charge in [0.05, 0.1) is 12.0 Å². The first kappa shape index (κ1) is 17.2. The second-order valence-electron chi connectivity index (χ2n) is 5.46. The molecule has 1 fully saturated rings. The van der Waals surface area contributed by atoms with Gasteiger partial charge in [-0.1, -0.05) is 13.8 Å². The van der Waals surface area contributed by atoms with E-state index in [0.717, 1.165) is 0 Å². The third kappa shape index (κ3) is 4.63. The first-order chi connectivity index (χ1) is 9.22. The van der Waals surface area contributed by atoms with Crippen molar-refractivity contribution in [3.05, 3.63) is 0 Å². The Hall–Kier alpha value is -0.820. The predicted octanol–water partition coefficient (Wildman–Crippen LogP) is 2.06. The Morgan fingerprint density at radius 1 is 1.00 bits per heavy atom. The summed E-state index contributed by atoms with van der Waals surface area (Å²) in [6, 6.07) is 0. The number of hydrogen-bond acceptors (Lipinski definition) is 3. The van der Waals surface area contributed by atoms with E-state index in [0.29, 0.717) is 45.6 Å². The van der Waals surface area contributed by atoms with Crippen molar-refractivity contribution in [2.24, 2.45) is 5.41 Å². The zero-order valence-electron chi connectivity index (χ0n) is 12.0. The predicted molar refractivity (Wildman–Crippen MR) is 69.6 cm³/mol. The van der Waals surface area contributed by atoms with Gasteiger partial charge < -0.3 is 5.11 Å². The maximum atomic E-state index is 12.3. The number of carboxylic acids is 1. The highest BCUT2D eigenvalue weighted by Crippen LogP contribution is 2.28. The van der Waals surface area contributed by atoms with Gasteiger partial charge in [-0.3, -0.25) is 14.6 Å². The van der Waals surface area contributed by atoms with Gasteiger partial charge in [0.25, 0.3) is 0 Å². The van der Waals surface area contributed by atoms with Gasteiger partial charge in [-0.25, -0.2) is 0 Å². The highest BCUT2D eigenvalue weighted by Gasteiger charge is 2.38. The van der Waals surface area contributed by atoms with Crippen LogP contribution in [0, 0.1) is 5.41 Å². The molecule has 1 aliphatic heterocycles. The van der Waals surface area contributed by atoms with Gasteiger partial charge in [-0.05, 0) is 12.8 Å². The molecule has 1 heterocycles. The molecular weight excluding hydrogens is 273 g/mol. The minimum absolute atomic E-state index is 0.336. The summed E-state index contributed by atoms with van der Waals surface area (Å²) in [5, 5.41) is 9.37. The zero-order chi connectivity index (χ0) is 15.4. The fraction of sp³-hybridized carbons (Fsp3) is 0.923. The second kappa shape index (κ2) is 6.76. The monoisotopic (exact) mass is 296 g/mol. The number of carbonyl (C=O) groups is 1. The van der Waals surface area contributed by atoms with Crippen LogP contribution in [0.1, 0.15) is 26.7 Å². The quantitative estimate of drug-likeness (QED) is 0.815. The number of halogens is 3. The Bertz CT molecular complexity index is 322. The Labute approximate surface area is 117 Å². The second-order valence-corrected chi connectivity index (χ2v) is 5.46. The lowest BCUT2D eigenvalue weighted by atomic mass is 9.81. The molecule has 0 bridgehead atoms. The van der Waals surface area contributed by atoms with E-state index < -0.39 is 24.1 Å². The fourth-order valence-electron chi connectivity index (χ4n) is 2.63. The van der Waals surface area contributed by atoms with Crippen LogP contribution in [0.5, 0.6) is 0 Å². The fourth-order valence-corrected chi connectivity index (χ4v) is 2.63. The molecule has 118 valence electrons. The van der Waals surface area contributed by atoms with E-state index >= 15 is 0 Å². The van der Waals surface area contributed by atoms with Crippen LogP contribution in [-0.4, -0.2) is 66.3 Å². The van der Waals surface area contributed by atoms with Crippen molar-refractivity contribution < 1.29 is 23.1 Å². The summed E-state index contributed by atoms with van der Waals surface area (Å²) in [5.74, 6) is -0.819. The zero-order valence-corrected chi connectivity index (χ0v) is 12.0. The first-order valence-electron chi connectivity index (χ1n) is 6.97. The van der Waals surface area contributed by atoms with E-state index in [4.69, 9.17) is 0 Å². The van der Waals surface area contributed by atoms with Crippen LogP contribution in [0.2, 0.25) is 0 Å². The van der Waals surface area contributed by atoms with Crippen molar-refractivity contribution in [1.82, 2.24) is 9.80 Å². The maximum Gasteiger partial charge on any atom is 0.401 e. The van der Waals surface area contributed by atoms with E-state index in [9.17, 15) is 23.1 Å². The number of nitrogens with zero attached hydrogens (tertiary/aromatic N) is 2. The van der Waals surface area contributed by atoms with Crippen LogP contribution in [0.3, 0.4) is 0 Å². The van der Waals surface area contributed by atoms with Gasteiger partial charge in [0, 0.05) is 32.7 Å². The largest absolute Gasteiger partial charge is 0.481 e. The average Bonchev–Trinajstić information content (AvgIpc) is 2.36. The number of aliphatic carboxylic acids is 1. The van der Waals surface area contributed by atoms with Crippen molar-refractivity contribution in [3.63, 3.8) is 0 Å². The molecule has 1 aliphatic rings. The van der Waals surface area contributed by atoms with Gasteiger partial charge >= 0.3 is 12.1 Å². The van der Waals surface area contributed by atoms with Crippen molar-refractivity contribution in [2.75, 3.05) is 39.3 Å².